The van der Waals surface area contributed by atoms with Crippen LogP contribution in [0.4, 0.5) is 17.6 Å². The van der Waals surface area contributed by atoms with Crippen LogP contribution in [0.3, 0.4) is 0 Å². The molecule has 5 rings (SSSR count). The summed E-state index contributed by atoms with van der Waals surface area (Å²) in [4.78, 5) is 0. The molecule has 2 aliphatic carbocycles. The number of hydrogen-bond acceptors (Lipinski definition) is 1. The van der Waals surface area contributed by atoms with Crippen LogP contribution in [0.2, 0.25) is 0 Å². The fourth-order valence-corrected chi connectivity index (χ4v) is 7.75. The minimum atomic E-state index is -1.02. The molecule has 5 heteroatoms. The molecular formula is C43H52F4O. The molecule has 1 fully saturated rings. The highest BCUT2D eigenvalue weighted by Gasteiger charge is 2.29. The molecule has 1 unspecified atom stereocenters. The van der Waals surface area contributed by atoms with Gasteiger partial charge >= 0.3 is 0 Å². The van der Waals surface area contributed by atoms with Gasteiger partial charge < -0.3 is 4.74 Å². The molecule has 0 bridgehead atoms. The Morgan fingerprint density at radius 2 is 1.27 bits per heavy atom. The molecule has 2 aliphatic rings. The summed E-state index contributed by atoms with van der Waals surface area (Å²) >= 11 is 0. The molecule has 0 aliphatic heterocycles. The Morgan fingerprint density at radius 1 is 0.667 bits per heavy atom. The van der Waals surface area contributed by atoms with Crippen molar-refractivity contribution in [2.75, 3.05) is 6.61 Å². The lowest BCUT2D eigenvalue weighted by molar-refractivity contribution is 0.190. The first-order chi connectivity index (χ1) is 23.4. The van der Waals surface area contributed by atoms with Crippen LogP contribution in [-0.2, 0) is 0 Å². The van der Waals surface area contributed by atoms with Gasteiger partial charge in [-0.05, 0) is 105 Å². The van der Waals surface area contributed by atoms with Gasteiger partial charge in [-0.15, -0.1) is 0 Å². The predicted octanol–water partition coefficient (Wildman–Crippen LogP) is 13.7. The largest absolute Gasteiger partial charge is 0.490 e. The maximum Gasteiger partial charge on any atom is 0.201 e. The summed E-state index contributed by atoms with van der Waals surface area (Å²) in [7, 11) is 0. The summed E-state index contributed by atoms with van der Waals surface area (Å²) in [6.45, 7) is 4.59. The minimum absolute atomic E-state index is 0.0907. The average molecular weight is 661 g/mol. The van der Waals surface area contributed by atoms with E-state index in [4.69, 9.17) is 4.74 Å². The Labute approximate surface area is 285 Å². The zero-order valence-electron chi connectivity index (χ0n) is 28.8. The second kappa shape index (κ2) is 17.9. The highest BCUT2D eigenvalue weighted by Crippen LogP contribution is 2.43. The smallest absolute Gasteiger partial charge is 0.201 e. The quantitative estimate of drug-likeness (QED) is 0.0895. The zero-order valence-corrected chi connectivity index (χ0v) is 28.8. The minimum Gasteiger partial charge on any atom is -0.490 e. The van der Waals surface area contributed by atoms with Gasteiger partial charge in [0.15, 0.2) is 23.2 Å². The lowest BCUT2D eigenvalue weighted by Gasteiger charge is -2.35. The van der Waals surface area contributed by atoms with E-state index in [1.54, 1.807) is 36.4 Å². The summed E-state index contributed by atoms with van der Waals surface area (Å²) in [6.07, 6.45) is 23.4. The summed E-state index contributed by atoms with van der Waals surface area (Å²) in [5, 5.41) is 0. The van der Waals surface area contributed by atoms with Crippen LogP contribution < -0.4 is 4.74 Å². The van der Waals surface area contributed by atoms with Crippen LogP contribution in [0, 0.1) is 41.0 Å². The van der Waals surface area contributed by atoms with Crippen LogP contribution in [0.25, 0.3) is 27.8 Å². The number of halogens is 4. The van der Waals surface area contributed by atoms with Crippen molar-refractivity contribution in [3.8, 4) is 28.0 Å². The Balaban J connectivity index is 1.18. The number of rotatable bonds is 15. The number of benzene rings is 3. The number of unbranched alkanes of at least 4 members (excludes halogenated alkanes) is 5. The molecule has 48 heavy (non-hydrogen) atoms. The lowest BCUT2D eigenvalue weighted by Crippen LogP contribution is -2.23. The van der Waals surface area contributed by atoms with Gasteiger partial charge in [0, 0.05) is 16.7 Å². The first-order valence-electron chi connectivity index (χ1n) is 18.4. The third kappa shape index (κ3) is 9.01. The molecule has 1 atom stereocenters. The maximum absolute atomic E-state index is 15.5. The fourth-order valence-electron chi connectivity index (χ4n) is 7.75. The Morgan fingerprint density at radius 3 is 1.92 bits per heavy atom. The SMILES string of the molecule is CC=CCCC1CCC(C2CC=C(c3ccc(-c4ccc(-c5ccc(OCCCCCCCC)c(F)c5F)cc4)c(F)c3F)CC2)CC1. The molecule has 0 amide bonds. The van der Waals surface area contributed by atoms with E-state index in [9.17, 15) is 4.39 Å². The average Bonchev–Trinajstić information content (AvgIpc) is 3.11. The molecule has 1 saturated carbocycles. The second-order valence-electron chi connectivity index (χ2n) is 13.9. The van der Waals surface area contributed by atoms with E-state index >= 15 is 13.2 Å². The van der Waals surface area contributed by atoms with Gasteiger partial charge in [-0.1, -0.05) is 106 Å². The van der Waals surface area contributed by atoms with Crippen molar-refractivity contribution in [3.63, 3.8) is 0 Å². The Kier molecular flexibility index (Phi) is 13.4. The molecule has 258 valence electrons. The molecule has 3 aromatic carbocycles. The van der Waals surface area contributed by atoms with Crippen molar-refractivity contribution in [1.82, 2.24) is 0 Å². The van der Waals surface area contributed by atoms with Crippen molar-refractivity contribution < 1.29 is 22.3 Å². The Bertz CT molecular complexity index is 1530. The Hall–Kier alpha value is -3.34. The molecule has 3 aromatic rings. The maximum atomic E-state index is 15.5. The van der Waals surface area contributed by atoms with Gasteiger partial charge in [0.25, 0.3) is 0 Å². The summed E-state index contributed by atoms with van der Waals surface area (Å²) < 4.78 is 66.4. The lowest BCUT2D eigenvalue weighted by atomic mass is 9.70. The van der Waals surface area contributed by atoms with Crippen molar-refractivity contribution in [1.29, 1.82) is 0 Å². The number of allylic oxidation sites excluding steroid dienone is 4. The second-order valence-corrected chi connectivity index (χ2v) is 13.9. The zero-order chi connectivity index (χ0) is 33.9. The molecule has 1 nitrogen and oxygen atoms in total. The summed E-state index contributed by atoms with van der Waals surface area (Å²) in [5.41, 5.74) is 2.39. The van der Waals surface area contributed by atoms with Gasteiger partial charge in [-0.2, -0.15) is 4.39 Å². The van der Waals surface area contributed by atoms with Crippen LogP contribution >= 0.6 is 0 Å². The first kappa shape index (κ1) is 36.0. The van der Waals surface area contributed by atoms with Gasteiger partial charge in [0.2, 0.25) is 5.82 Å². The normalized spacial score (nSPS) is 19.9. The summed E-state index contributed by atoms with van der Waals surface area (Å²) in [6, 6.07) is 12.7. The summed E-state index contributed by atoms with van der Waals surface area (Å²) in [5.74, 6) is -1.61. The number of ether oxygens (including phenoxy) is 1. The van der Waals surface area contributed by atoms with Crippen LogP contribution in [0.1, 0.15) is 116 Å². The highest BCUT2D eigenvalue weighted by atomic mass is 19.2. The standard InChI is InChI=1S/C43H52F4O/c1-3-5-7-8-9-11-29-48-39-28-27-38(42(46)43(39)47)35-23-21-34(22-24-35)37-26-25-36(40(44)41(37)45)33-19-17-32(18-20-33)31-15-13-30(14-16-31)12-10-6-4-2/h4,6,19,21-28,30-32H,3,5,7-18,20,29H2,1-2H3. The topological polar surface area (TPSA) is 9.23 Å². The van der Waals surface area contributed by atoms with Crippen LogP contribution in [0.5, 0.6) is 5.75 Å². The van der Waals surface area contributed by atoms with E-state index in [-0.39, 0.29) is 16.9 Å². The van der Waals surface area contributed by atoms with Crippen LogP contribution in [0.15, 0.2) is 66.8 Å². The molecular weight excluding hydrogens is 608 g/mol. The van der Waals surface area contributed by atoms with Crippen molar-refractivity contribution in [2.45, 2.75) is 110 Å². The van der Waals surface area contributed by atoms with Crippen molar-refractivity contribution in [3.05, 3.63) is 95.6 Å². The van der Waals surface area contributed by atoms with E-state index < -0.39 is 23.3 Å². The van der Waals surface area contributed by atoms with E-state index in [2.05, 4.69) is 32.1 Å². The van der Waals surface area contributed by atoms with Gasteiger partial charge in [-0.25, -0.2) is 13.2 Å². The van der Waals surface area contributed by atoms with Crippen molar-refractivity contribution in [2.24, 2.45) is 17.8 Å². The third-order valence-electron chi connectivity index (χ3n) is 10.7. The van der Waals surface area contributed by atoms with E-state index in [1.165, 1.54) is 69.9 Å². The van der Waals surface area contributed by atoms with Gasteiger partial charge in [0.05, 0.1) is 6.61 Å². The van der Waals surface area contributed by atoms with Gasteiger partial charge in [0.1, 0.15) is 0 Å². The highest BCUT2D eigenvalue weighted by molar-refractivity contribution is 5.74. The van der Waals surface area contributed by atoms with E-state index in [1.807, 2.05) is 0 Å². The molecule has 0 spiro atoms. The molecule has 0 radical (unpaired) electrons. The van der Waals surface area contributed by atoms with E-state index in [0.717, 1.165) is 55.9 Å². The molecule has 0 saturated heterocycles. The predicted molar refractivity (Wildman–Crippen MR) is 191 cm³/mol. The third-order valence-corrected chi connectivity index (χ3v) is 10.7. The van der Waals surface area contributed by atoms with Gasteiger partial charge in [-0.3, -0.25) is 0 Å². The first-order valence-corrected chi connectivity index (χ1v) is 18.4. The van der Waals surface area contributed by atoms with Crippen LogP contribution in [-0.4, -0.2) is 6.61 Å². The molecule has 0 N–H and O–H groups in total. The number of hydrogen-bond donors (Lipinski definition) is 0. The van der Waals surface area contributed by atoms with Crippen molar-refractivity contribution >= 4 is 5.57 Å². The van der Waals surface area contributed by atoms with E-state index in [0.29, 0.717) is 29.2 Å². The molecule has 0 heterocycles. The monoisotopic (exact) mass is 660 g/mol. The molecule has 0 aromatic heterocycles. The fraction of sp³-hybridized carbons (Fsp3) is 0.488.